The number of rotatable bonds is 9. The van der Waals surface area contributed by atoms with Gasteiger partial charge in [0.1, 0.15) is 5.69 Å². The summed E-state index contributed by atoms with van der Waals surface area (Å²) >= 11 is 0. The van der Waals surface area contributed by atoms with Gasteiger partial charge in [-0.1, -0.05) is 33.1 Å². The molecule has 3 N–H and O–H groups in total. The van der Waals surface area contributed by atoms with E-state index in [0.717, 1.165) is 25.7 Å². The van der Waals surface area contributed by atoms with Gasteiger partial charge in [0.05, 0.1) is 4.92 Å². The first kappa shape index (κ1) is 16.9. The molecule has 0 saturated carbocycles. The lowest BCUT2D eigenvalue weighted by Gasteiger charge is -2.16. The van der Waals surface area contributed by atoms with Crippen molar-refractivity contribution in [3.8, 4) is 0 Å². The van der Waals surface area contributed by atoms with Crippen LogP contribution < -0.4 is 11.1 Å². The normalized spacial score (nSPS) is 11.9. The average Bonchev–Trinajstić information content (AvgIpc) is 2.47. The van der Waals surface area contributed by atoms with Crippen molar-refractivity contribution in [1.29, 1.82) is 0 Å². The molecule has 1 atom stereocenters. The van der Waals surface area contributed by atoms with E-state index >= 15 is 0 Å². The van der Waals surface area contributed by atoms with Crippen LogP contribution in [0.4, 0.5) is 11.4 Å². The molecule has 0 aliphatic carbocycles. The van der Waals surface area contributed by atoms with Crippen LogP contribution in [0.5, 0.6) is 0 Å². The Bertz CT molecular complexity index is 503. The number of hydrogen-bond acceptors (Lipinski definition) is 4. The van der Waals surface area contributed by atoms with Crippen LogP contribution in [0.3, 0.4) is 0 Å². The van der Waals surface area contributed by atoms with E-state index < -0.39 is 10.8 Å². The lowest BCUT2D eigenvalue weighted by molar-refractivity contribution is -0.384. The van der Waals surface area contributed by atoms with E-state index in [9.17, 15) is 14.9 Å². The summed E-state index contributed by atoms with van der Waals surface area (Å²) in [7, 11) is 0. The number of unbranched alkanes of at least 4 members (excludes halogenated alkanes) is 1. The van der Waals surface area contributed by atoms with Crippen LogP contribution in [-0.2, 0) is 0 Å². The van der Waals surface area contributed by atoms with Crippen molar-refractivity contribution in [3.05, 3.63) is 33.9 Å². The smallest absolute Gasteiger partial charge is 0.293 e. The molecule has 0 radical (unpaired) electrons. The maximum absolute atomic E-state index is 11.1. The Hall–Kier alpha value is -2.11. The van der Waals surface area contributed by atoms with Gasteiger partial charge in [0.2, 0.25) is 5.91 Å². The first-order valence-corrected chi connectivity index (χ1v) is 7.31. The third-order valence-electron chi connectivity index (χ3n) is 3.60. The second kappa shape index (κ2) is 8.24. The van der Waals surface area contributed by atoms with Gasteiger partial charge in [-0.25, -0.2) is 0 Å². The molecule has 6 nitrogen and oxygen atoms in total. The maximum Gasteiger partial charge on any atom is 0.293 e. The standard InChI is InChI=1S/C15H23N3O3/c1-3-5-6-11(4-2)10-17-13-8-7-12(15(16)19)9-14(13)18(20)21/h7-9,11,17H,3-6,10H2,1-2H3,(H2,16,19). The van der Waals surface area contributed by atoms with Crippen LogP contribution in [0.1, 0.15) is 49.9 Å². The highest BCUT2D eigenvalue weighted by atomic mass is 16.6. The predicted molar refractivity (Wildman–Crippen MR) is 83.4 cm³/mol. The fourth-order valence-corrected chi connectivity index (χ4v) is 2.18. The molecule has 0 fully saturated rings. The molecule has 0 aromatic heterocycles. The van der Waals surface area contributed by atoms with Gasteiger partial charge in [0.15, 0.2) is 0 Å². The van der Waals surface area contributed by atoms with Gasteiger partial charge in [-0.15, -0.1) is 0 Å². The molecule has 0 aliphatic rings. The molecule has 1 amide bonds. The highest BCUT2D eigenvalue weighted by Crippen LogP contribution is 2.26. The molecule has 1 aromatic carbocycles. The van der Waals surface area contributed by atoms with E-state index in [1.165, 1.54) is 12.1 Å². The van der Waals surface area contributed by atoms with Crippen LogP contribution in [0.15, 0.2) is 18.2 Å². The summed E-state index contributed by atoms with van der Waals surface area (Å²) in [6.45, 7) is 4.95. The minimum absolute atomic E-state index is 0.114. The van der Waals surface area contributed by atoms with Gasteiger partial charge in [-0.05, 0) is 24.5 Å². The van der Waals surface area contributed by atoms with Crippen molar-refractivity contribution >= 4 is 17.3 Å². The highest BCUT2D eigenvalue weighted by Gasteiger charge is 2.17. The first-order valence-electron chi connectivity index (χ1n) is 7.31. The van der Waals surface area contributed by atoms with Crippen molar-refractivity contribution in [1.82, 2.24) is 0 Å². The lowest BCUT2D eigenvalue weighted by atomic mass is 9.99. The number of carbonyl (C=O) groups is 1. The molecule has 116 valence electrons. The van der Waals surface area contributed by atoms with Gasteiger partial charge >= 0.3 is 0 Å². The van der Waals surface area contributed by atoms with Gasteiger partial charge in [-0.2, -0.15) is 0 Å². The molecular formula is C15H23N3O3. The van der Waals surface area contributed by atoms with Crippen LogP contribution in [0.25, 0.3) is 0 Å². The van der Waals surface area contributed by atoms with Crippen LogP contribution in [-0.4, -0.2) is 17.4 Å². The number of primary amides is 1. The molecule has 0 bridgehead atoms. The van der Waals surface area contributed by atoms with Crippen molar-refractivity contribution < 1.29 is 9.72 Å². The highest BCUT2D eigenvalue weighted by molar-refractivity contribution is 5.94. The van der Waals surface area contributed by atoms with Gasteiger partial charge in [0, 0.05) is 18.2 Å². The molecule has 0 saturated heterocycles. The summed E-state index contributed by atoms with van der Waals surface area (Å²) in [5, 5.41) is 14.2. The average molecular weight is 293 g/mol. The molecule has 0 spiro atoms. The molecule has 1 unspecified atom stereocenters. The minimum atomic E-state index is -0.668. The van der Waals surface area contributed by atoms with E-state index in [1.807, 2.05) is 0 Å². The topological polar surface area (TPSA) is 98.3 Å². The Labute approximate surface area is 124 Å². The number of carbonyl (C=O) groups excluding carboxylic acids is 1. The molecule has 0 aliphatic heterocycles. The second-order valence-electron chi connectivity index (χ2n) is 5.15. The molecule has 1 aromatic rings. The summed E-state index contributed by atoms with van der Waals surface area (Å²) in [6.07, 6.45) is 4.43. The van der Waals surface area contributed by atoms with E-state index in [0.29, 0.717) is 18.2 Å². The Balaban J connectivity index is 2.82. The number of nitrogens with two attached hydrogens (primary N) is 1. The van der Waals surface area contributed by atoms with E-state index in [2.05, 4.69) is 19.2 Å². The van der Waals surface area contributed by atoms with E-state index in [-0.39, 0.29) is 11.3 Å². The van der Waals surface area contributed by atoms with Crippen molar-refractivity contribution in [2.24, 2.45) is 11.7 Å². The summed E-state index contributed by atoms with van der Waals surface area (Å²) < 4.78 is 0. The Kier molecular flexibility index (Phi) is 6.65. The largest absolute Gasteiger partial charge is 0.379 e. The van der Waals surface area contributed by atoms with Gasteiger partial charge < -0.3 is 11.1 Å². The number of nitro benzene ring substituents is 1. The van der Waals surface area contributed by atoms with Crippen LogP contribution in [0, 0.1) is 16.0 Å². The van der Waals surface area contributed by atoms with E-state index in [1.54, 1.807) is 6.07 Å². The fourth-order valence-electron chi connectivity index (χ4n) is 2.18. The Morgan fingerprint density at radius 1 is 1.43 bits per heavy atom. The number of anilines is 1. The zero-order valence-electron chi connectivity index (χ0n) is 12.6. The predicted octanol–water partition coefficient (Wildman–Crippen LogP) is 3.32. The van der Waals surface area contributed by atoms with Gasteiger partial charge in [-0.3, -0.25) is 14.9 Å². The lowest BCUT2D eigenvalue weighted by Crippen LogP contribution is -2.15. The molecule has 21 heavy (non-hydrogen) atoms. The number of hydrogen-bond donors (Lipinski definition) is 2. The summed E-state index contributed by atoms with van der Waals surface area (Å²) in [4.78, 5) is 21.7. The van der Waals surface area contributed by atoms with E-state index in [4.69, 9.17) is 5.73 Å². The monoisotopic (exact) mass is 293 g/mol. The van der Waals surface area contributed by atoms with Crippen molar-refractivity contribution in [2.45, 2.75) is 39.5 Å². The number of nitrogens with one attached hydrogen (secondary N) is 1. The van der Waals surface area contributed by atoms with Crippen molar-refractivity contribution in [3.63, 3.8) is 0 Å². The quantitative estimate of drug-likeness (QED) is 0.539. The SMILES string of the molecule is CCCCC(CC)CNc1ccc(C(N)=O)cc1[N+](=O)[O-]. The zero-order valence-corrected chi connectivity index (χ0v) is 12.6. The molecule has 1 rings (SSSR count). The number of nitrogens with zero attached hydrogens (tertiary/aromatic N) is 1. The number of amides is 1. The first-order chi connectivity index (χ1) is 9.99. The summed E-state index contributed by atoms with van der Waals surface area (Å²) in [5.74, 6) is -0.181. The third kappa shape index (κ3) is 5.06. The molecule has 6 heteroatoms. The van der Waals surface area contributed by atoms with Crippen LogP contribution in [0.2, 0.25) is 0 Å². The molecular weight excluding hydrogens is 270 g/mol. The minimum Gasteiger partial charge on any atom is -0.379 e. The van der Waals surface area contributed by atoms with Crippen molar-refractivity contribution in [2.75, 3.05) is 11.9 Å². The van der Waals surface area contributed by atoms with Crippen LogP contribution >= 0.6 is 0 Å². The Morgan fingerprint density at radius 2 is 2.14 bits per heavy atom. The summed E-state index contributed by atoms with van der Waals surface area (Å²) in [5.41, 5.74) is 5.61. The number of benzene rings is 1. The second-order valence-corrected chi connectivity index (χ2v) is 5.15. The maximum atomic E-state index is 11.1. The zero-order chi connectivity index (χ0) is 15.8. The van der Waals surface area contributed by atoms with Gasteiger partial charge in [0.25, 0.3) is 5.69 Å². The molecule has 0 heterocycles. The number of nitro groups is 1. The fraction of sp³-hybridized carbons (Fsp3) is 0.533. The Morgan fingerprint density at radius 3 is 2.67 bits per heavy atom. The summed E-state index contributed by atoms with van der Waals surface area (Å²) in [6, 6.07) is 4.27. The third-order valence-corrected chi connectivity index (χ3v) is 3.60.